The molecular weight excluding hydrogens is 258 g/mol. The summed E-state index contributed by atoms with van der Waals surface area (Å²) < 4.78 is 2.74. The largest absolute Gasteiger partial charge is 0.368 e. The van der Waals surface area contributed by atoms with Gasteiger partial charge in [-0.15, -0.1) is 0 Å². The molecule has 0 aromatic carbocycles. The molecule has 0 fully saturated rings. The third kappa shape index (κ3) is 1.99. The highest BCUT2D eigenvalue weighted by Crippen LogP contribution is 2.24. The molecule has 0 bridgehead atoms. The van der Waals surface area contributed by atoms with Crippen LogP contribution in [0.5, 0.6) is 0 Å². The molecule has 0 aliphatic heterocycles. The van der Waals surface area contributed by atoms with E-state index in [9.17, 15) is 0 Å². The Morgan fingerprint density at radius 3 is 2.93 bits per heavy atom. The minimum absolute atomic E-state index is 0.255. The Balaban J connectivity index is 2.48. The van der Waals surface area contributed by atoms with Gasteiger partial charge in [0, 0.05) is 18.9 Å². The van der Waals surface area contributed by atoms with Gasteiger partial charge in [-0.05, 0) is 28.9 Å². The molecule has 15 heavy (non-hydrogen) atoms. The third-order valence-corrected chi connectivity index (χ3v) is 2.54. The van der Waals surface area contributed by atoms with E-state index < -0.39 is 0 Å². The summed E-state index contributed by atoms with van der Waals surface area (Å²) in [7, 11) is 0. The van der Waals surface area contributed by atoms with Crippen LogP contribution in [0, 0.1) is 0 Å². The Morgan fingerprint density at radius 2 is 2.33 bits per heavy atom. The fourth-order valence-electron chi connectivity index (χ4n) is 1.24. The molecule has 2 heterocycles. The van der Waals surface area contributed by atoms with Crippen LogP contribution in [0.2, 0.25) is 0 Å². The molecule has 0 saturated heterocycles. The Bertz CT molecular complexity index is 479. The Morgan fingerprint density at radius 1 is 1.53 bits per heavy atom. The van der Waals surface area contributed by atoms with Crippen LogP contribution < -0.4 is 5.73 Å². The summed E-state index contributed by atoms with van der Waals surface area (Å²) in [5.74, 6) is 0.255. The van der Waals surface area contributed by atoms with E-state index in [1.54, 1.807) is 12.3 Å². The van der Waals surface area contributed by atoms with Crippen LogP contribution in [-0.2, 0) is 6.54 Å². The molecule has 0 radical (unpaired) electrons. The normalized spacial score (nSPS) is 10.5. The van der Waals surface area contributed by atoms with Gasteiger partial charge in [-0.25, -0.2) is 9.97 Å². The van der Waals surface area contributed by atoms with Crippen LogP contribution >= 0.6 is 15.9 Å². The van der Waals surface area contributed by atoms with Crippen molar-refractivity contribution in [2.45, 2.75) is 13.5 Å². The molecule has 0 spiro atoms. The lowest BCUT2D eigenvalue weighted by molar-refractivity contribution is 0.661. The minimum atomic E-state index is 0.255. The van der Waals surface area contributed by atoms with E-state index in [2.05, 4.69) is 31.0 Å². The third-order valence-electron chi connectivity index (χ3n) is 1.96. The van der Waals surface area contributed by atoms with Gasteiger partial charge >= 0.3 is 0 Å². The molecule has 5 nitrogen and oxygen atoms in total. The number of hydrogen-bond acceptors (Lipinski definition) is 4. The number of hydrogen-bond donors (Lipinski definition) is 1. The SMILES string of the molecule is CCn1cc(Br)c(-c2ccnc(N)n2)n1. The number of nitrogens with two attached hydrogens (primary N) is 1. The number of nitrogens with zero attached hydrogens (tertiary/aromatic N) is 4. The predicted molar refractivity (Wildman–Crippen MR) is 61.0 cm³/mol. The quantitative estimate of drug-likeness (QED) is 0.900. The van der Waals surface area contributed by atoms with E-state index in [4.69, 9.17) is 5.73 Å². The summed E-state index contributed by atoms with van der Waals surface area (Å²) in [6, 6.07) is 1.78. The number of aryl methyl sites for hydroxylation is 1. The fourth-order valence-corrected chi connectivity index (χ4v) is 1.76. The van der Waals surface area contributed by atoms with Gasteiger partial charge in [0.05, 0.1) is 10.2 Å². The van der Waals surface area contributed by atoms with Gasteiger partial charge < -0.3 is 5.73 Å². The standard InChI is InChI=1S/C9H10BrN5/c1-2-15-5-6(10)8(14-15)7-3-4-12-9(11)13-7/h3-5H,2H2,1H3,(H2,11,12,13). The highest BCUT2D eigenvalue weighted by Gasteiger charge is 2.09. The van der Waals surface area contributed by atoms with Gasteiger partial charge in [0.2, 0.25) is 5.95 Å². The lowest BCUT2D eigenvalue weighted by Gasteiger charge is -1.97. The summed E-state index contributed by atoms with van der Waals surface area (Å²) in [6.07, 6.45) is 3.53. The molecule has 2 aromatic heterocycles. The van der Waals surface area contributed by atoms with Crippen LogP contribution in [0.15, 0.2) is 22.9 Å². The van der Waals surface area contributed by atoms with Crippen molar-refractivity contribution in [2.75, 3.05) is 5.73 Å². The number of anilines is 1. The maximum atomic E-state index is 5.51. The van der Waals surface area contributed by atoms with Crippen molar-refractivity contribution < 1.29 is 0 Å². The molecule has 0 amide bonds. The number of halogens is 1. The van der Waals surface area contributed by atoms with Crippen LogP contribution in [0.4, 0.5) is 5.95 Å². The van der Waals surface area contributed by atoms with Gasteiger partial charge in [-0.1, -0.05) is 0 Å². The van der Waals surface area contributed by atoms with Crippen LogP contribution in [0.1, 0.15) is 6.92 Å². The first-order valence-corrected chi connectivity index (χ1v) is 5.32. The summed E-state index contributed by atoms with van der Waals surface area (Å²) in [5.41, 5.74) is 7.02. The highest BCUT2D eigenvalue weighted by atomic mass is 79.9. The van der Waals surface area contributed by atoms with Crippen LogP contribution in [-0.4, -0.2) is 19.7 Å². The summed E-state index contributed by atoms with van der Waals surface area (Å²) >= 11 is 3.43. The molecule has 2 N–H and O–H groups in total. The molecule has 2 aromatic rings. The van der Waals surface area contributed by atoms with Gasteiger partial charge in [0.25, 0.3) is 0 Å². The molecule has 0 atom stereocenters. The molecule has 78 valence electrons. The van der Waals surface area contributed by atoms with Gasteiger partial charge in [0.1, 0.15) is 5.69 Å². The number of rotatable bonds is 2. The Hall–Kier alpha value is -1.43. The maximum absolute atomic E-state index is 5.51. The van der Waals surface area contributed by atoms with E-state index in [1.165, 1.54) is 0 Å². The molecule has 0 aliphatic carbocycles. The molecule has 0 aliphatic rings. The second kappa shape index (κ2) is 3.98. The second-order valence-corrected chi connectivity index (χ2v) is 3.84. The zero-order chi connectivity index (χ0) is 10.8. The van der Waals surface area contributed by atoms with Gasteiger partial charge in [-0.3, -0.25) is 4.68 Å². The second-order valence-electron chi connectivity index (χ2n) is 2.98. The van der Waals surface area contributed by atoms with Crippen molar-refractivity contribution in [3.05, 3.63) is 22.9 Å². The van der Waals surface area contributed by atoms with Crippen molar-refractivity contribution >= 4 is 21.9 Å². The summed E-state index contributed by atoms with van der Waals surface area (Å²) in [5, 5.41) is 4.36. The van der Waals surface area contributed by atoms with E-state index in [1.807, 2.05) is 17.8 Å². The molecule has 6 heteroatoms. The average Bonchev–Trinajstić information content (AvgIpc) is 2.60. The van der Waals surface area contributed by atoms with Crippen LogP contribution in [0.3, 0.4) is 0 Å². The summed E-state index contributed by atoms with van der Waals surface area (Å²) in [6.45, 7) is 2.84. The van der Waals surface area contributed by atoms with Crippen LogP contribution in [0.25, 0.3) is 11.4 Å². The molecule has 0 unspecified atom stereocenters. The molecule has 0 saturated carbocycles. The monoisotopic (exact) mass is 267 g/mol. The molecule has 2 rings (SSSR count). The Labute approximate surface area is 95.5 Å². The molecular formula is C9H10BrN5. The first-order chi connectivity index (χ1) is 7.20. The van der Waals surface area contributed by atoms with Crippen molar-refractivity contribution in [3.8, 4) is 11.4 Å². The minimum Gasteiger partial charge on any atom is -0.368 e. The topological polar surface area (TPSA) is 69.6 Å². The first kappa shape index (κ1) is 10.1. The van der Waals surface area contributed by atoms with Crippen molar-refractivity contribution in [1.82, 2.24) is 19.7 Å². The van der Waals surface area contributed by atoms with E-state index in [-0.39, 0.29) is 5.95 Å². The van der Waals surface area contributed by atoms with Gasteiger partial charge in [0.15, 0.2) is 0 Å². The lowest BCUT2D eigenvalue weighted by atomic mass is 10.3. The predicted octanol–water partition coefficient (Wildman–Crippen LogP) is 1.70. The van der Waals surface area contributed by atoms with E-state index in [0.717, 1.165) is 22.4 Å². The number of aromatic nitrogens is 4. The highest BCUT2D eigenvalue weighted by molar-refractivity contribution is 9.10. The zero-order valence-corrected chi connectivity index (χ0v) is 9.77. The lowest BCUT2D eigenvalue weighted by Crippen LogP contribution is -1.97. The Kier molecular flexibility index (Phi) is 2.68. The first-order valence-electron chi connectivity index (χ1n) is 4.52. The van der Waals surface area contributed by atoms with Crippen molar-refractivity contribution in [1.29, 1.82) is 0 Å². The van der Waals surface area contributed by atoms with E-state index >= 15 is 0 Å². The zero-order valence-electron chi connectivity index (χ0n) is 8.18. The number of nitrogen functional groups attached to an aromatic ring is 1. The fraction of sp³-hybridized carbons (Fsp3) is 0.222. The van der Waals surface area contributed by atoms with Gasteiger partial charge in [-0.2, -0.15) is 5.10 Å². The smallest absolute Gasteiger partial charge is 0.220 e. The maximum Gasteiger partial charge on any atom is 0.220 e. The average molecular weight is 268 g/mol. The van der Waals surface area contributed by atoms with E-state index in [0.29, 0.717) is 0 Å². The van der Waals surface area contributed by atoms with Crippen molar-refractivity contribution in [3.63, 3.8) is 0 Å². The summed E-state index contributed by atoms with van der Waals surface area (Å²) in [4.78, 5) is 7.95. The van der Waals surface area contributed by atoms with Crippen molar-refractivity contribution in [2.24, 2.45) is 0 Å².